The van der Waals surface area contributed by atoms with Crippen LogP contribution in [0.1, 0.15) is 11.1 Å². The minimum Gasteiger partial charge on any atom is -0.307 e. The minimum absolute atomic E-state index is 0.172. The lowest BCUT2D eigenvalue weighted by Crippen LogP contribution is -2.09. The van der Waals surface area contributed by atoms with E-state index in [2.05, 4.69) is 10.3 Å². The van der Waals surface area contributed by atoms with Gasteiger partial charge < -0.3 is 5.32 Å². The molecule has 17 heavy (non-hydrogen) atoms. The van der Waals surface area contributed by atoms with E-state index in [1.165, 1.54) is 6.08 Å². The third-order valence-electron chi connectivity index (χ3n) is 2.14. The van der Waals surface area contributed by atoms with E-state index in [-0.39, 0.29) is 5.91 Å². The van der Waals surface area contributed by atoms with Gasteiger partial charge in [-0.3, -0.25) is 4.79 Å². The maximum Gasteiger partial charge on any atom is 0.249 e. The number of aryl methyl sites for hydroxylation is 1. The average molecular weight is 244 g/mol. The Morgan fingerprint density at radius 2 is 2.35 bits per heavy atom. The zero-order valence-electron chi connectivity index (χ0n) is 9.38. The number of rotatable bonds is 3. The number of carbonyl (C=O) groups is 1. The second-order valence-corrected chi connectivity index (χ2v) is 4.38. The summed E-state index contributed by atoms with van der Waals surface area (Å²) < 4.78 is 0. The first kappa shape index (κ1) is 11.5. The summed E-state index contributed by atoms with van der Waals surface area (Å²) in [5.74, 6) is 0.402. The zero-order valence-corrected chi connectivity index (χ0v) is 10.2. The van der Waals surface area contributed by atoms with E-state index in [1.54, 1.807) is 23.6 Å². The van der Waals surface area contributed by atoms with Crippen LogP contribution in [0, 0.1) is 6.92 Å². The number of thiophene rings is 1. The highest BCUT2D eigenvalue weighted by Gasteiger charge is 1.98. The number of nitrogens with zero attached hydrogens (tertiary/aromatic N) is 1. The van der Waals surface area contributed by atoms with E-state index in [1.807, 2.05) is 35.9 Å². The summed E-state index contributed by atoms with van der Waals surface area (Å²) in [4.78, 5) is 15.6. The molecule has 0 fully saturated rings. The number of anilines is 1. The van der Waals surface area contributed by atoms with E-state index < -0.39 is 0 Å². The molecule has 0 aliphatic rings. The molecule has 0 aliphatic heterocycles. The van der Waals surface area contributed by atoms with Gasteiger partial charge in [-0.15, -0.1) is 0 Å². The molecule has 0 bridgehead atoms. The van der Waals surface area contributed by atoms with Crippen molar-refractivity contribution in [1.82, 2.24) is 4.98 Å². The van der Waals surface area contributed by atoms with Gasteiger partial charge in [-0.25, -0.2) is 4.98 Å². The van der Waals surface area contributed by atoms with Gasteiger partial charge >= 0.3 is 0 Å². The van der Waals surface area contributed by atoms with Gasteiger partial charge in [0, 0.05) is 12.3 Å². The van der Waals surface area contributed by atoms with Crippen molar-refractivity contribution < 1.29 is 4.79 Å². The summed E-state index contributed by atoms with van der Waals surface area (Å²) in [6, 6.07) is 5.67. The van der Waals surface area contributed by atoms with Crippen molar-refractivity contribution in [3.8, 4) is 0 Å². The molecule has 0 saturated carbocycles. The second-order valence-electron chi connectivity index (χ2n) is 3.60. The van der Waals surface area contributed by atoms with Crippen LogP contribution in [0.15, 0.2) is 41.2 Å². The molecule has 86 valence electrons. The summed E-state index contributed by atoms with van der Waals surface area (Å²) in [6.45, 7) is 1.96. The number of hydrogen-bond donors (Lipinski definition) is 1. The van der Waals surface area contributed by atoms with Crippen LogP contribution in [0.5, 0.6) is 0 Å². The molecule has 2 aromatic rings. The molecular weight excluding hydrogens is 232 g/mol. The van der Waals surface area contributed by atoms with Crippen molar-refractivity contribution in [3.63, 3.8) is 0 Å². The number of amides is 1. The maximum absolute atomic E-state index is 11.6. The van der Waals surface area contributed by atoms with E-state index in [4.69, 9.17) is 0 Å². The fraction of sp³-hybridized carbons (Fsp3) is 0.0769. The number of hydrogen-bond acceptors (Lipinski definition) is 3. The molecule has 0 atom stereocenters. The van der Waals surface area contributed by atoms with Gasteiger partial charge in [0.25, 0.3) is 0 Å². The largest absolute Gasteiger partial charge is 0.307 e. The Bertz CT molecular complexity index is 532. The summed E-state index contributed by atoms with van der Waals surface area (Å²) >= 11 is 1.60. The molecular formula is C13H12N2OS. The smallest absolute Gasteiger partial charge is 0.249 e. The van der Waals surface area contributed by atoms with Crippen LogP contribution >= 0.6 is 11.3 Å². The number of nitrogens with one attached hydrogen (secondary N) is 1. The van der Waals surface area contributed by atoms with Gasteiger partial charge in [-0.2, -0.15) is 11.3 Å². The Balaban J connectivity index is 1.98. The molecule has 2 aromatic heterocycles. The maximum atomic E-state index is 11.6. The molecule has 1 N–H and O–H groups in total. The van der Waals surface area contributed by atoms with Crippen LogP contribution in [0.3, 0.4) is 0 Å². The van der Waals surface area contributed by atoms with Crippen LogP contribution in [0.2, 0.25) is 0 Å². The SMILES string of the molecule is Cc1ccnc(NC(=O)/C=C/c2ccsc2)c1. The quantitative estimate of drug-likeness (QED) is 0.843. The first-order valence-electron chi connectivity index (χ1n) is 5.18. The zero-order chi connectivity index (χ0) is 12.1. The van der Waals surface area contributed by atoms with Crippen LogP contribution in [-0.2, 0) is 4.79 Å². The Morgan fingerprint density at radius 1 is 1.47 bits per heavy atom. The van der Waals surface area contributed by atoms with Crippen LogP contribution in [0.4, 0.5) is 5.82 Å². The molecule has 3 nitrogen and oxygen atoms in total. The van der Waals surface area contributed by atoms with Gasteiger partial charge in [0.05, 0.1) is 0 Å². The summed E-state index contributed by atoms with van der Waals surface area (Å²) in [7, 11) is 0. The van der Waals surface area contributed by atoms with Crippen molar-refractivity contribution in [2.45, 2.75) is 6.92 Å². The Morgan fingerprint density at radius 3 is 3.06 bits per heavy atom. The van der Waals surface area contributed by atoms with Gasteiger partial charge in [-0.1, -0.05) is 0 Å². The molecule has 4 heteroatoms. The Hall–Kier alpha value is -1.94. The molecule has 0 unspecified atom stereocenters. The van der Waals surface area contributed by atoms with Crippen LogP contribution in [-0.4, -0.2) is 10.9 Å². The Kier molecular flexibility index (Phi) is 3.67. The number of carbonyl (C=O) groups excluding carboxylic acids is 1. The topological polar surface area (TPSA) is 42.0 Å². The highest BCUT2D eigenvalue weighted by atomic mass is 32.1. The monoisotopic (exact) mass is 244 g/mol. The van der Waals surface area contributed by atoms with E-state index in [9.17, 15) is 4.79 Å². The fourth-order valence-electron chi connectivity index (χ4n) is 1.31. The lowest BCUT2D eigenvalue weighted by atomic mass is 10.3. The lowest BCUT2D eigenvalue weighted by Gasteiger charge is -2.01. The average Bonchev–Trinajstić information content (AvgIpc) is 2.79. The molecule has 0 spiro atoms. The molecule has 2 heterocycles. The second kappa shape index (κ2) is 5.41. The van der Waals surface area contributed by atoms with Gasteiger partial charge in [0.2, 0.25) is 5.91 Å². The fourth-order valence-corrected chi connectivity index (χ4v) is 1.94. The highest BCUT2D eigenvalue weighted by molar-refractivity contribution is 7.08. The normalized spacial score (nSPS) is 10.6. The Labute approximate surface area is 104 Å². The summed E-state index contributed by atoms with van der Waals surface area (Å²) in [6.07, 6.45) is 4.96. The molecule has 0 saturated heterocycles. The first-order valence-corrected chi connectivity index (χ1v) is 6.12. The summed E-state index contributed by atoms with van der Waals surface area (Å²) in [5.41, 5.74) is 2.10. The molecule has 1 amide bonds. The molecule has 0 radical (unpaired) electrons. The lowest BCUT2D eigenvalue weighted by molar-refractivity contribution is -0.111. The number of pyridine rings is 1. The third kappa shape index (κ3) is 3.53. The number of aromatic nitrogens is 1. The van der Waals surface area contributed by atoms with Gasteiger partial charge in [-0.05, 0) is 53.1 Å². The van der Waals surface area contributed by atoms with Gasteiger partial charge in [0.1, 0.15) is 5.82 Å². The van der Waals surface area contributed by atoms with Crippen molar-refractivity contribution >= 4 is 29.1 Å². The third-order valence-corrected chi connectivity index (χ3v) is 2.84. The highest BCUT2D eigenvalue weighted by Crippen LogP contribution is 2.08. The van der Waals surface area contributed by atoms with Crippen LogP contribution < -0.4 is 5.32 Å². The predicted molar refractivity (Wildman–Crippen MR) is 71.0 cm³/mol. The van der Waals surface area contributed by atoms with Crippen molar-refractivity contribution in [2.24, 2.45) is 0 Å². The van der Waals surface area contributed by atoms with Crippen LogP contribution in [0.25, 0.3) is 6.08 Å². The first-order chi connectivity index (χ1) is 8.24. The minimum atomic E-state index is -0.172. The molecule has 0 aliphatic carbocycles. The van der Waals surface area contributed by atoms with Gasteiger partial charge in [0.15, 0.2) is 0 Å². The molecule has 2 rings (SSSR count). The standard InChI is InChI=1S/C13H12N2OS/c1-10-4-6-14-12(8-10)15-13(16)3-2-11-5-7-17-9-11/h2-9H,1H3,(H,14,15,16)/b3-2+. The molecule has 0 aromatic carbocycles. The summed E-state index contributed by atoms with van der Waals surface area (Å²) in [5, 5.41) is 6.66. The predicted octanol–water partition coefficient (Wildman–Crippen LogP) is 3.10. The van der Waals surface area contributed by atoms with E-state index >= 15 is 0 Å². The van der Waals surface area contributed by atoms with Crippen molar-refractivity contribution in [2.75, 3.05) is 5.32 Å². The van der Waals surface area contributed by atoms with E-state index in [0.717, 1.165) is 11.1 Å². The van der Waals surface area contributed by atoms with E-state index in [0.29, 0.717) is 5.82 Å². The van der Waals surface area contributed by atoms with Crippen molar-refractivity contribution in [1.29, 1.82) is 0 Å². The van der Waals surface area contributed by atoms with Crippen molar-refractivity contribution in [3.05, 3.63) is 52.4 Å².